The van der Waals surface area contributed by atoms with Gasteiger partial charge in [-0.05, 0) is 113 Å². The van der Waals surface area contributed by atoms with Crippen LogP contribution in [-0.4, -0.2) is 0 Å². The summed E-state index contributed by atoms with van der Waals surface area (Å²) in [5.74, 6) is 0. The van der Waals surface area contributed by atoms with Crippen molar-refractivity contribution in [2.75, 3.05) is 0 Å². The van der Waals surface area contributed by atoms with Crippen molar-refractivity contribution in [1.82, 2.24) is 0 Å². The molecule has 0 nitrogen and oxygen atoms in total. The van der Waals surface area contributed by atoms with Crippen LogP contribution in [0.5, 0.6) is 0 Å². The molecule has 0 fully saturated rings. The molecule has 8 aromatic carbocycles. The van der Waals surface area contributed by atoms with E-state index in [1.165, 1.54) is 82.0 Å². The van der Waals surface area contributed by atoms with Crippen LogP contribution in [0, 0.1) is 0 Å². The Kier molecular flexibility index (Phi) is 4.84. The molecule has 9 rings (SSSR count). The SMILES string of the molecule is CC1(c2ccccc2)c2cc(-c3c4ccccc4cc4ccc5ccccc5c34)ccc2-c2cc3ccccc3cc21. The van der Waals surface area contributed by atoms with Gasteiger partial charge >= 0.3 is 0 Å². The third-order valence-corrected chi connectivity index (χ3v) is 9.67. The lowest BCUT2D eigenvalue weighted by Crippen LogP contribution is -2.22. The highest BCUT2D eigenvalue weighted by Crippen LogP contribution is 2.54. The molecule has 1 aliphatic rings. The van der Waals surface area contributed by atoms with E-state index in [1.54, 1.807) is 0 Å². The highest BCUT2D eigenvalue weighted by atomic mass is 14.4. The third-order valence-electron chi connectivity index (χ3n) is 9.67. The zero-order valence-corrected chi connectivity index (χ0v) is 23.4. The first-order valence-corrected chi connectivity index (χ1v) is 14.8. The van der Waals surface area contributed by atoms with Crippen LogP contribution in [0.3, 0.4) is 0 Å². The second-order valence-electron chi connectivity index (χ2n) is 11.9. The normalized spacial score (nSPS) is 15.8. The largest absolute Gasteiger partial charge is 0.0622 e. The van der Waals surface area contributed by atoms with Crippen molar-refractivity contribution >= 4 is 43.1 Å². The monoisotopic (exact) mass is 532 g/mol. The lowest BCUT2D eigenvalue weighted by atomic mass is 9.73. The molecule has 0 spiro atoms. The highest BCUT2D eigenvalue weighted by Gasteiger charge is 2.41. The van der Waals surface area contributed by atoms with Gasteiger partial charge in [0.15, 0.2) is 0 Å². The molecule has 0 bridgehead atoms. The van der Waals surface area contributed by atoms with Crippen molar-refractivity contribution in [1.29, 1.82) is 0 Å². The van der Waals surface area contributed by atoms with Crippen LogP contribution in [0.25, 0.3) is 65.3 Å². The van der Waals surface area contributed by atoms with Crippen molar-refractivity contribution < 1.29 is 0 Å². The zero-order valence-electron chi connectivity index (χ0n) is 23.4. The first-order valence-electron chi connectivity index (χ1n) is 14.8. The average Bonchev–Trinajstić information content (AvgIpc) is 3.30. The van der Waals surface area contributed by atoms with Gasteiger partial charge in [-0.25, -0.2) is 0 Å². The summed E-state index contributed by atoms with van der Waals surface area (Å²) in [6.45, 7) is 2.42. The van der Waals surface area contributed by atoms with E-state index in [0.717, 1.165) is 0 Å². The molecule has 1 atom stereocenters. The van der Waals surface area contributed by atoms with Gasteiger partial charge in [-0.3, -0.25) is 0 Å². The minimum atomic E-state index is -0.269. The Labute approximate surface area is 245 Å². The molecule has 196 valence electrons. The lowest BCUT2D eigenvalue weighted by Gasteiger charge is -2.29. The maximum absolute atomic E-state index is 2.50. The van der Waals surface area contributed by atoms with E-state index in [4.69, 9.17) is 0 Å². The van der Waals surface area contributed by atoms with Crippen LogP contribution >= 0.6 is 0 Å². The summed E-state index contributed by atoms with van der Waals surface area (Å²) in [7, 11) is 0. The number of hydrogen-bond donors (Lipinski definition) is 0. The predicted octanol–water partition coefficient (Wildman–Crippen LogP) is 11.3. The fourth-order valence-electron chi connectivity index (χ4n) is 7.59. The van der Waals surface area contributed by atoms with Crippen LogP contribution in [0.2, 0.25) is 0 Å². The molecule has 0 saturated heterocycles. The Balaban J connectivity index is 1.41. The van der Waals surface area contributed by atoms with Crippen LogP contribution in [0.15, 0.2) is 152 Å². The highest BCUT2D eigenvalue weighted by molar-refractivity contribution is 6.22. The summed E-state index contributed by atoms with van der Waals surface area (Å²) in [5.41, 5.74) is 9.08. The molecule has 0 heteroatoms. The minimum Gasteiger partial charge on any atom is -0.0622 e. The van der Waals surface area contributed by atoms with Gasteiger partial charge in [0.25, 0.3) is 0 Å². The van der Waals surface area contributed by atoms with Crippen molar-refractivity contribution in [2.45, 2.75) is 12.3 Å². The van der Waals surface area contributed by atoms with Gasteiger partial charge in [-0.15, -0.1) is 0 Å². The zero-order chi connectivity index (χ0) is 27.8. The Morgan fingerprint density at radius 1 is 0.405 bits per heavy atom. The molecular weight excluding hydrogens is 504 g/mol. The smallest absolute Gasteiger partial charge is 0.0435 e. The summed E-state index contributed by atoms with van der Waals surface area (Å²) in [6.07, 6.45) is 0. The van der Waals surface area contributed by atoms with Gasteiger partial charge < -0.3 is 0 Å². The van der Waals surface area contributed by atoms with E-state index in [2.05, 4.69) is 159 Å². The van der Waals surface area contributed by atoms with Crippen molar-refractivity contribution in [3.8, 4) is 22.3 Å². The van der Waals surface area contributed by atoms with Crippen molar-refractivity contribution in [3.05, 3.63) is 168 Å². The fraction of sp³-hybridized carbons (Fsp3) is 0.0476. The second kappa shape index (κ2) is 8.65. The Bertz CT molecular complexity index is 2360. The van der Waals surface area contributed by atoms with E-state index >= 15 is 0 Å². The number of fused-ring (bicyclic) bond motifs is 8. The van der Waals surface area contributed by atoms with E-state index in [1.807, 2.05) is 0 Å². The Morgan fingerprint density at radius 3 is 1.83 bits per heavy atom. The molecule has 0 aliphatic heterocycles. The van der Waals surface area contributed by atoms with Crippen LogP contribution in [-0.2, 0) is 5.41 Å². The van der Waals surface area contributed by atoms with E-state index in [9.17, 15) is 0 Å². The van der Waals surface area contributed by atoms with E-state index in [-0.39, 0.29) is 5.41 Å². The van der Waals surface area contributed by atoms with Crippen LogP contribution in [0.1, 0.15) is 23.6 Å². The van der Waals surface area contributed by atoms with Crippen LogP contribution in [0.4, 0.5) is 0 Å². The van der Waals surface area contributed by atoms with Gasteiger partial charge in [0.05, 0.1) is 0 Å². The summed E-state index contributed by atoms with van der Waals surface area (Å²) in [4.78, 5) is 0. The summed E-state index contributed by atoms with van der Waals surface area (Å²) in [6, 6.07) is 56.4. The molecular formula is C42H28. The first-order chi connectivity index (χ1) is 20.7. The van der Waals surface area contributed by atoms with Gasteiger partial charge in [-0.2, -0.15) is 0 Å². The number of benzene rings is 8. The predicted molar refractivity (Wildman–Crippen MR) is 179 cm³/mol. The molecule has 0 N–H and O–H groups in total. The van der Waals surface area contributed by atoms with E-state index in [0.29, 0.717) is 0 Å². The molecule has 0 amide bonds. The molecule has 0 heterocycles. The van der Waals surface area contributed by atoms with E-state index < -0.39 is 0 Å². The minimum absolute atomic E-state index is 0.269. The molecule has 0 aromatic heterocycles. The molecule has 0 radical (unpaired) electrons. The molecule has 1 aliphatic carbocycles. The summed E-state index contributed by atoms with van der Waals surface area (Å²) >= 11 is 0. The Hall–Kier alpha value is -5.20. The Morgan fingerprint density at radius 2 is 1.02 bits per heavy atom. The van der Waals surface area contributed by atoms with Crippen molar-refractivity contribution in [2.24, 2.45) is 0 Å². The maximum atomic E-state index is 2.50. The lowest BCUT2D eigenvalue weighted by molar-refractivity contribution is 0.715. The van der Waals surface area contributed by atoms with Crippen molar-refractivity contribution in [3.63, 3.8) is 0 Å². The maximum Gasteiger partial charge on any atom is 0.0435 e. The third kappa shape index (κ3) is 3.18. The number of hydrogen-bond acceptors (Lipinski definition) is 0. The molecule has 1 unspecified atom stereocenters. The first kappa shape index (κ1) is 23.5. The summed E-state index contributed by atoms with van der Waals surface area (Å²) in [5, 5.41) is 10.3. The molecule has 0 saturated carbocycles. The van der Waals surface area contributed by atoms with Gasteiger partial charge in [-0.1, -0.05) is 127 Å². The molecule has 42 heavy (non-hydrogen) atoms. The summed E-state index contributed by atoms with van der Waals surface area (Å²) < 4.78 is 0. The molecule has 8 aromatic rings. The second-order valence-corrected chi connectivity index (χ2v) is 11.9. The fourth-order valence-corrected chi connectivity index (χ4v) is 7.59. The van der Waals surface area contributed by atoms with Gasteiger partial charge in [0, 0.05) is 5.41 Å². The standard InChI is InChI=1S/C42H28/c1-42(33-15-3-2-4-16-33)38-26-32(21-22-36(38)37-24-28-12-5-6-13-29(28)25-39(37)42)41-35-18-10-8-14-30(35)23-31-20-19-27-11-7-9-17-34(27)40(31)41/h2-26H,1H3. The number of rotatable bonds is 2. The quantitative estimate of drug-likeness (QED) is 0.153. The van der Waals surface area contributed by atoms with Gasteiger partial charge in [0.2, 0.25) is 0 Å². The van der Waals surface area contributed by atoms with Gasteiger partial charge in [0.1, 0.15) is 0 Å². The van der Waals surface area contributed by atoms with Crippen LogP contribution < -0.4 is 0 Å². The average molecular weight is 533 g/mol. The topological polar surface area (TPSA) is 0 Å².